The van der Waals surface area contributed by atoms with Crippen molar-refractivity contribution in [1.82, 2.24) is 10.2 Å². The topological polar surface area (TPSA) is 15.3 Å². The van der Waals surface area contributed by atoms with E-state index in [2.05, 4.69) is 10.2 Å². The summed E-state index contributed by atoms with van der Waals surface area (Å²) in [4.78, 5) is 2.31. The maximum Gasteiger partial charge on any atom is 0.263 e. The highest BCUT2D eigenvalue weighted by molar-refractivity contribution is 5.85. The minimum Gasteiger partial charge on any atom is -0.315 e. The van der Waals surface area contributed by atoms with Gasteiger partial charge in [-0.2, -0.15) is 0 Å². The first-order valence-corrected chi connectivity index (χ1v) is 6.06. The Hall–Kier alpha value is -0.710. The van der Waals surface area contributed by atoms with Gasteiger partial charge in [-0.05, 0) is 31.1 Å². The molecule has 1 fully saturated rings. The van der Waals surface area contributed by atoms with Gasteiger partial charge < -0.3 is 5.32 Å². The first-order chi connectivity index (χ1) is 8.25. The Kier molecular flexibility index (Phi) is 6.54. The lowest BCUT2D eigenvalue weighted by Gasteiger charge is -2.19. The van der Waals surface area contributed by atoms with E-state index in [0.29, 0.717) is 0 Å². The Balaban J connectivity index is 0.00000162. The molecule has 2 nitrogen and oxygen atoms in total. The average molecular weight is 277 g/mol. The third kappa shape index (κ3) is 4.52. The molecule has 0 bridgehead atoms. The molecule has 102 valence electrons. The zero-order valence-electron chi connectivity index (χ0n) is 10.2. The van der Waals surface area contributed by atoms with E-state index in [0.717, 1.165) is 44.7 Å². The fourth-order valence-electron chi connectivity index (χ4n) is 2.15. The lowest BCUT2D eigenvalue weighted by atomic mass is 10.1. The second kappa shape index (κ2) is 7.67. The van der Waals surface area contributed by atoms with E-state index in [1.807, 2.05) is 6.07 Å². The molecule has 0 atom stereocenters. The molecule has 0 spiro atoms. The van der Waals surface area contributed by atoms with Crippen LogP contribution in [-0.2, 0) is 6.54 Å². The Bertz CT molecular complexity index is 353. The van der Waals surface area contributed by atoms with E-state index in [-0.39, 0.29) is 18.0 Å². The van der Waals surface area contributed by atoms with Crippen LogP contribution in [0.1, 0.15) is 24.0 Å². The molecule has 1 heterocycles. The first kappa shape index (κ1) is 15.3. The van der Waals surface area contributed by atoms with Gasteiger partial charge in [-0.25, -0.2) is 8.78 Å². The molecule has 1 aliphatic heterocycles. The Morgan fingerprint density at radius 2 is 2.06 bits per heavy atom. The van der Waals surface area contributed by atoms with Gasteiger partial charge in [0.1, 0.15) is 0 Å². The maximum absolute atomic E-state index is 12.6. The number of rotatable bonds is 3. The van der Waals surface area contributed by atoms with Gasteiger partial charge in [-0.3, -0.25) is 4.90 Å². The third-order valence-corrected chi connectivity index (χ3v) is 3.04. The van der Waals surface area contributed by atoms with Crippen LogP contribution < -0.4 is 5.32 Å². The summed E-state index contributed by atoms with van der Waals surface area (Å²) in [7, 11) is 0. The molecule has 5 heteroatoms. The number of halogens is 3. The van der Waals surface area contributed by atoms with Crippen molar-refractivity contribution in [2.45, 2.75) is 19.4 Å². The predicted octanol–water partition coefficient (Wildman–Crippen LogP) is 2.84. The number of hydrogen-bond donors (Lipinski definition) is 1. The summed E-state index contributed by atoms with van der Waals surface area (Å²) in [5.74, 6) is 0. The highest BCUT2D eigenvalue weighted by Crippen LogP contribution is 2.20. The monoisotopic (exact) mass is 276 g/mol. The molecule has 1 aromatic rings. The normalized spacial score (nSPS) is 17.3. The molecule has 18 heavy (non-hydrogen) atoms. The van der Waals surface area contributed by atoms with Crippen LogP contribution in [0.15, 0.2) is 24.3 Å². The second-order valence-corrected chi connectivity index (χ2v) is 4.43. The van der Waals surface area contributed by atoms with Crippen LogP contribution in [0.25, 0.3) is 0 Å². The first-order valence-electron chi connectivity index (χ1n) is 6.06. The van der Waals surface area contributed by atoms with Gasteiger partial charge in [-0.15, -0.1) is 12.4 Å². The standard InChI is InChI=1S/C13H18F2N2.ClH/c14-13(15)12-4-1-3-11(9-12)10-17-7-2-5-16-6-8-17;/h1,3-4,9,13,16H,2,5-8,10H2;1H. The third-order valence-electron chi connectivity index (χ3n) is 3.04. The molecule has 1 aromatic carbocycles. The van der Waals surface area contributed by atoms with Crippen molar-refractivity contribution in [1.29, 1.82) is 0 Å². The van der Waals surface area contributed by atoms with Crippen molar-refractivity contribution in [3.8, 4) is 0 Å². The highest BCUT2D eigenvalue weighted by Gasteiger charge is 2.11. The van der Waals surface area contributed by atoms with E-state index >= 15 is 0 Å². The molecule has 0 aromatic heterocycles. The van der Waals surface area contributed by atoms with Gasteiger partial charge in [0.2, 0.25) is 0 Å². The molecule has 0 unspecified atom stereocenters. The molecule has 0 radical (unpaired) electrons. The van der Waals surface area contributed by atoms with E-state index in [1.165, 1.54) is 6.07 Å². The van der Waals surface area contributed by atoms with Crippen LogP contribution in [0.2, 0.25) is 0 Å². The molecule has 1 N–H and O–H groups in total. The molecule has 1 aliphatic rings. The smallest absolute Gasteiger partial charge is 0.263 e. The van der Waals surface area contributed by atoms with Crippen LogP contribution >= 0.6 is 12.4 Å². The second-order valence-electron chi connectivity index (χ2n) is 4.43. The van der Waals surface area contributed by atoms with Crippen molar-refractivity contribution in [2.75, 3.05) is 26.2 Å². The summed E-state index contributed by atoms with van der Waals surface area (Å²) in [6, 6.07) is 6.73. The Labute approximate surface area is 113 Å². The predicted molar refractivity (Wildman–Crippen MR) is 71.4 cm³/mol. The Morgan fingerprint density at radius 1 is 1.22 bits per heavy atom. The average Bonchev–Trinajstić information content (AvgIpc) is 2.58. The van der Waals surface area contributed by atoms with Gasteiger partial charge in [0.15, 0.2) is 0 Å². The molecule has 0 aliphatic carbocycles. The van der Waals surface area contributed by atoms with Crippen LogP contribution in [-0.4, -0.2) is 31.1 Å². The largest absolute Gasteiger partial charge is 0.315 e. The van der Waals surface area contributed by atoms with Gasteiger partial charge >= 0.3 is 0 Å². The number of alkyl halides is 2. The van der Waals surface area contributed by atoms with Crippen molar-refractivity contribution in [2.24, 2.45) is 0 Å². The summed E-state index contributed by atoms with van der Waals surface area (Å²) in [6.45, 7) is 4.81. The lowest BCUT2D eigenvalue weighted by Crippen LogP contribution is -2.27. The van der Waals surface area contributed by atoms with Gasteiger partial charge in [0, 0.05) is 25.2 Å². The van der Waals surface area contributed by atoms with Crippen LogP contribution in [0.3, 0.4) is 0 Å². The number of nitrogens with zero attached hydrogens (tertiary/aromatic N) is 1. The lowest BCUT2D eigenvalue weighted by molar-refractivity contribution is 0.151. The fourth-order valence-corrected chi connectivity index (χ4v) is 2.15. The summed E-state index contributed by atoms with van der Waals surface area (Å²) in [5, 5.41) is 3.33. The van der Waals surface area contributed by atoms with Crippen molar-refractivity contribution in [3.05, 3.63) is 35.4 Å². The van der Waals surface area contributed by atoms with Crippen molar-refractivity contribution in [3.63, 3.8) is 0 Å². The summed E-state index contributed by atoms with van der Waals surface area (Å²) < 4.78 is 25.1. The minimum atomic E-state index is -2.37. The van der Waals surface area contributed by atoms with Crippen LogP contribution in [0.5, 0.6) is 0 Å². The van der Waals surface area contributed by atoms with Crippen LogP contribution in [0, 0.1) is 0 Å². The molecular formula is C13H19ClF2N2. The quantitative estimate of drug-likeness (QED) is 0.913. The SMILES string of the molecule is Cl.FC(F)c1cccc(CN2CCCNCC2)c1. The maximum atomic E-state index is 12.6. The van der Waals surface area contributed by atoms with E-state index in [4.69, 9.17) is 0 Å². The van der Waals surface area contributed by atoms with Gasteiger partial charge in [0.25, 0.3) is 6.43 Å². The summed E-state index contributed by atoms with van der Waals surface area (Å²) in [6.07, 6.45) is -1.25. The van der Waals surface area contributed by atoms with Crippen molar-refractivity contribution >= 4 is 12.4 Å². The van der Waals surface area contributed by atoms with E-state index in [1.54, 1.807) is 12.1 Å². The fraction of sp³-hybridized carbons (Fsp3) is 0.538. The van der Waals surface area contributed by atoms with Gasteiger partial charge in [0.05, 0.1) is 0 Å². The van der Waals surface area contributed by atoms with E-state index < -0.39 is 6.43 Å². The van der Waals surface area contributed by atoms with Crippen molar-refractivity contribution < 1.29 is 8.78 Å². The molecule has 0 amide bonds. The molecule has 0 saturated carbocycles. The van der Waals surface area contributed by atoms with Crippen LogP contribution in [0.4, 0.5) is 8.78 Å². The number of benzene rings is 1. The number of nitrogens with one attached hydrogen (secondary N) is 1. The highest BCUT2D eigenvalue weighted by atomic mass is 35.5. The zero-order chi connectivity index (χ0) is 12.1. The number of hydrogen-bond acceptors (Lipinski definition) is 2. The molecule has 2 rings (SSSR count). The van der Waals surface area contributed by atoms with E-state index in [9.17, 15) is 8.78 Å². The zero-order valence-corrected chi connectivity index (χ0v) is 11.1. The Morgan fingerprint density at radius 3 is 2.83 bits per heavy atom. The molecular weight excluding hydrogens is 258 g/mol. The molecule has 1 saturated heterocycles. The minimum absolute atomic E-state index is 0. The van der Waals surface area contributed by atoms with Gasteiger partial charge in [-0.1, -0.05) is 18.2 Å². The summed E-state index contributed by atoms with van der Waals surface area (Å²) in [5.41, 5.74) is 1.10. The summed E-state index contributed by atoms with van der Waals surface area (Å²) >= 11 is 0.